The van der Waals surface area contributed by atoms with Crippen LogP contribution in [-0.2, 0) is 6.54 Å². The highest BCUT2D eigenvalue weighted by molar-refractivity contribution is 6.08. The molecule has 1 heterocycles. The van der Waals surface area contributed by atoms with Gasteiger partial charge in [0.2, 0.25) is 0 Å². The van der Waals surface area contributed by atoms with Gasteiger partial charge in [0.25, 0.3) is 11.5 Å². The van der Waals surface area contributed by atoms with Crippen LogP contribution in [0.1, 0.15) is 29.3 Å². The van der Waals surface area contributed by atoms with Crippen molar-refractivity contribution in [3.63, 3.8) is 0 Å². The summed E-state index contributed by atoms with van der Waals surface area (Å²) in [7, 11) is 0. The number of nitrogens with two attached hydrogens (primary N) is 1. The summed E-state index contributed by atoms with van der Waals surface area (Å²) < 4.78 is 1.58. The molecule has 0 fully saturated rings. The lowest BCUT2D eigenvalue weighted by molar-refractivity contribution is 0.102. The number of benzene rings is 1. The number of nitrogens with zero attached hydrogens (tertiary/aromatic N) is 1. The number of pyridine rings is 1. The van der Waals surface area contributed by atoms with Crippen LogP contribution in [0.4, 0.5) is 11.4 Å². The van der Waals surface area contributed by atoms with E-state index in [1.807, 2.05) is 26.0 Å². The third-order valence-electron chi connectivity index (χ3n) is 3.24. The summed E-state index contributed by atoms with van der Waals surface area (Å²) in [5.74, 6) is -0.271. The first-order valence-electron chi connectivity index (χ1n) is 6.90. The van der Waals surface area contributed by atoms with Crippen LogP contribution in [0.25, 0.3) is 0 Å². The Balaban J connectivity index is 2.28. The number of aromatic nitrogens is 1. The van der Waals surface area contributed by atoms with Crippen molar-refractivity contribution in [3.05, 3.63) is 58.0 Å². The number of amides is 1. The van der Waals surface area contributed by atoms with E-state index in [-0.39, 0.29) is 11.5 Å². The highest BCUT2D eigenvalue weighted by Crippen LogP contribution is 2.18. The molecule has 5 nitrogen and oxygen atoms in total. The number of hydrogen-bond acceptors (Lipinski definition) is 3. The van der Waals surface area contributed by atoms with Crippen LogP contribution >= 0.6 is 0 Å². The maximum Gasteiger partial charge on any atom is 0.258 e. The summed E-state index contributed by atoms with van der Waals surface area (Å²) in [6, 6.07) is 8.39. The number of anilines is 2. The van der Waals surface area contributed by atoms with Gasteiger partial charge in [0.05, 0.1) is 11.3 Å². The Morgan fingerprint density at radius 1 is 1.29 bits per heavy atom. The number of carbonyl (C=O) groups excluding carboxylic acids is 1. The van der Waals surface area contributed by atoms with E-state index in [0.29, 0.717) is 23.5 Å². The zero-order valence-corrected chi connectivity index (χ0v) is 12.2. The Morgan fingerprint density at radius 3 is 2.71 bits per heavy atom. The molecule has 0 saturated carbocycles. The van der Waals surface area contributed by atoms with Crippen molar-refractivity contribution in [2.24, 2.45) is 0 Å². The molecule has 3 N–H and O–H groups in total. The minimum atomic E-state index is -0.271. The lowest BCUT2D eigenvalue weighted by Crippen LogP contribution is -2.21. The van der Waals surface area contributed by atoms with Crippen LogP contribution < -0.4 is 16.6 Å². The van der Waals surface area contributed by atoms with Crippen molar-refractivity contribution in [1.82, 2.24) is 4.57 Å². The van der Waals surface area contributed by atoms with E-state index in [1.54, 1.807) is 22.9 Å². The molecule has 2 rings (SSSR count). The molecule has 0 spiro atoms. The lowest BCUT2D eigenvalue weighted by Gasteiger charge is -2.11. The molecule has 0 aliphatic carbocycles. The highest BCUT2D eigenvalue weighted by Gasteiger charge is 2.13. The molecule has 1 amide bonds. The van der Waals surface area contributed by atoms with E-state index in [4.69, 9.17) is 5.73 Å². The van der Waals surface area contributed by atoms with E-state index >= 15 is 0 Å². The first kappa shape index (κ1) is 14.8. The summed E-state index contributed by atoms with van der Waals surface area (Å²) in [6.45, 7) is 4.45. The smallest absolute Gasteiger partial charge is 0.258 e. The zero-order chi connectivity index (χ0) is 15.4. The van der Waals surface area contributed by atoms with Crippen LogP contribution in [0.2, 0.25) is 0 Å². The standard InChI is InChI=1S/C16H19N3O2/c1-3-9-19-10-12(7-8-14(19)20)18-16(21)15-11(2)5-4-6-13(15)17/h4-8,10H,3,9,17H2,1-2H3,(H,18,21). The molecule has 2 aromatic rings. The normalized spacial score (nSPS) is 10.4. The molecule has 0 radical (unpaired) electrons. The van der Waals surface area contributed by atoms with Gasteiger partial charge >= 0.3 is 0 Å². The van der Waals surface area contributed by atoms with Gasteiger partial charge in [-0.2, -0.15) is 0 Å². The number of carbonyl (C=O) groups is 1. The minimum Gasteiger partial charge on any atom is -0.398 e. The highest BCUT2D eigenvalue weighted by atomic mass is 16.1. The van der Waals surface area contributed by atoms with Gasteiger partial charge in [-0.25, -0.2) is 0 Å². The van der Waals surface area contributed by atoms with E-state index < -0.39 is 0 Å². The molecule has 0 aliphatic heterocycles. The monoisotopic (exact) mass is 285 g/mol. The second-order valence-corrected chi connectivity index (χ2v) is 4.94. The molecule has 0 aliphatic rings. The van der Waals surface area contributed by atoms with Gasteiger partial charge in [0.1, 0.15) is 0 Å². The Labute approximate surface area is 123 Å². The maximum absolute atomic E-state index is 12.3. The van der Waals surface area contributed by atoms with Gasteiger partial charge in [-0.3, -0.25) is 9.59 Å². The van der Waals surface area contributed by atoms with E-state index in [9.17, 15) is 9.59 Å². The van der Waals surface area contributed by atoms with Crippen molar-refractivity contribution < 1.29 is 4.79 Å². The fourth-order valence-electron chi connectivity index (χ4n) is 2.22. The Bertz CT molecular complexity index is 699. The molecular weight excluding hydrogens is 266 g/mol. The zero-order valence-electron chi connectivity index (χ0n) is 12.2. The molecular formula is C16H19N3O2. The van der Waals surface area contributed by atoms with Gasteiger partial charge in [0.15, 0.2) is 0 Å². The third-order valence-corrected chi connectivity index (χ3v) is 3.24. The van der Waals surface area contributed by atoms with E-state index in [2.05, 4.69) is 5.32 Å². The van der Waals surface area contributed by atoms with Crippen molar-refractivity contribution >= 4 is 17.3 Å². The van der Waals surface area contributed by atoms with Crippen LogP contribution in [-0.4, -0.2) is 10.5 Å². The fraction of sp³-hybridized carbons (Fsp3) is 0.250. The van der Waals surface area contributed by atoms with Crippen LogP contribution in [0.5, 0.6) is 0 Å². The second kappa shape index (κ2) is 6.26. The first-order valence-corrected chi connectivity index (χ1v) is 6.90. The predicted octanol–water partition coefficient (Wildman–Crippen LogP) is 2.40. The SMILES string of the molecule is CCCn1cc(NC(=O)c2c(C)cccc2N)ccc1=O. The summed E-state index contributed by atoms with van der Waals surface area (Å²) in [4.78, 5) is 24.0. The van der Waals surface area contributed by atoms with Crippen LogP contribution in [0.15, 0.2) is 41.3 Å². The van der Waals surface area contributed by atoms with Gasteiger partial charge in [0, 0.05) is 24.5 Å². The summed E-state index contributed by atoms with van der Waals surface area (Å²) in [5.41, 5.74) is 8.08. The average molecular weight is 285 g/mol. The Kier molecular flexibility index (Phi) is 4.42. The van der Waals surface area contributed by atoms with Gasteiger partial charge in [-0.1, -0.05) is 19.1 Å². The number of hydrogen-bond donors (Lipinski definition) is 2. The molecule has 110 valence electrons. The van der Waals surface area contributed by atoms with Gasteiger partial charge in [-0.15, -0.1) is 0 Å². The molecule has 0 bridgehead atoms. The van der Waals surface area contributed by atoms with Crippen molar-refractivity contribution in [2.75, 3.05) is 11.1 Å². The second-order valence-electron chi connectivity index (χ2n) is 4.94. The molecule has 1 aromatic carbocycles. The van der Waals surface area contributed by atoms with Crippen molar-refractivity contribution in [3.8, 4) is 0 Å². The van der Waals surface area contributed by atoms with Crippen molar-refractivity contribution in [1.29, 1.82) is 0 Å². The summed E-state index contributed by atoms with van der Waals surface area (Å²) in [5, 5.41) is 2.79. The van der Waals surface area contributed by atoms with Gasteiger partial charge < -0.3 is 15.6 Å². The molecule has 1 aromatic heterocycles. The molecule has 5 heteroatoms. The Morgan fingerprint density at radius 2 is 2.05 bits per heavy atom. The number of nitrogen functional groups attached to an aromatic ring is 1. The van der Waals surface area contributed by atoms with Crippen LogP contribution in [0.3, 0.4) is 0 Å². The predicted molar refractivity (Wildman–Crippen MR) is 84.5 cm³/mol. The lowest BCUT2D eigenvalue weighted by atomic mass is 10.1. The summed E-state index contributed by atoms with van der Waals surface area (Å²) >= 11 is 0. The molecule has 0 atom stereocenters. The quantitative estimate of drug-likeness (QED) is 0.847. The summed E-state index contributed by atoms with van der Waals surface area (Å²) in [6.07, 6.45) is 2.50. The number of aryl methyl sites for hydroxylation is 2. The Hall–Kier alpha value is -2.56. The third kappa shape index (κ3) is 3.31. The maximum atomic E-state index is 12.3. The van der Waals surface area contributed by atoms with E-state index in [1.165, 1.54) is 6.07 Å². The van der Waals surface area contributed by atoms with Gasteiger partial charge in [-0.05, 0) is 31.0 Å². The van der Waals surface area contributed by atoms with Crippen molar-refractivity contribution in [2.45, 2.75) is 26.8 Å². The molecule has 0 unspecified atom stereocenters. The number of rotatable bonds is 4. The fourth-order valence-corrected chi connectivity index (χ4v) is 2.22. The minimum absolute atomic E-state index is 0.0785. The average Bonchev–Trinajstić information content (AvgIpc) is 2.42. The molecule has 21 heavy (non-hydrogen) atoms. The topological polar surface area (TPSA) is 77.1 Å². The molecule has 0 saturated heterocycles. The first-order chi connectivity index (χ1) is 10.0. The largest absolute Gasteiger partial charge is 0.398 e. The number of nitrogens with one attached hydrogen (secondary N) is 1. The van der Waals surface area contributed by atoms with Crippen LogP contribution in [0, 0.1) is 6.92 Å². The van der Waals surface area contributed by atoms with E-state index in [0.717, 1.165) is 12.0 Å².